The fourth-order valence-electron chi connectivity index (χ4n) is 3.52. The summed E-state index contributed by atoms with van der Waals surface area (Å²) >= 11 is 0. The lowest BCUT2D eigenvalue weighted by atomic mass is 9.85. The number of para-hydroxylation sites is 1. The van der Waals surface area contributed by atoms with Gasteiger partial charge in [-0.1, -0.05) is 25.1 Å². The van der Waals surface area contributed by atoms with Crippen molar-refractivity contribution in [1.82, 2.24) is 10.2 Å². The highest BCUT2D eigenvalue weighted by Crippen LogP contribution is 2.24. The van der Waals surface area contributed by atoms with Gasteiger partial charge in [0.1, 0.15) is 5.75 Å². The highest BCUT2D eigenvalue weighted by Gasteiger charge is 2.25. The van der Waals surface area contributed by atoms with E-state index in [-0.39, 0.29) is 11.9 Å². The number of piperidine rings is 1. The molecule has 1 aliphatic rings. The number of nitrogens with zero attached hydrogens (tertiary/aromatic N) is 1. The molecule has 1 amide bonds. The minimum absolute atomic E-state index is 0.158. The molecule has 1 aliphatic heterocycles. The molecule has 1 aromatic carbocycles. The Morgan fingerprint density at radius 2 is 2.12 bits per heavy atom. The van der Waals surface area contributed by atoms with E-state index in [1.54, 1.807) is 7.11 Å². The number of carbonyl (C=O) groups is 1. The molecule has 1 heterocycles. The molecule has 0 aliphatic carbocycles. The van der Waals surface area contributed by atoms with Gasteiger partial charge in [0.05, 0.1) is 7.11 Å². The second-order valence-corrected chi connectivity index (χ2v) is 7.16. The van der Waals surface area contributed by atoms with E-state index in [4.69, 9.17) is 4.74 Å². The topological polar surface area (TPSA) is 41.6 Å². The molecule has 0 bridgehead atoms. The zero-order chi connectivity index (χ0) is 17.5. The average molecular weight is 332 g/mol. The van der Waals surface area contributed by atoms with Crippen molar-refractivity contribution in [3.05, 3.63) is 29.8 Å². The first-order valence-electron chi connectivity index (χ1n) is 9.11. The van der Waals surface area contributed by atoms with Crippen LogP contribution in [0.3, 0.4) is 0 Å². The van der Waals surface area contributed by atoms with Crippen LogP contribution in [-0.2, 0) is 11.2 Å². The third kappa shape index (κ3) is 4.97. The third-order valence-electron chi connectivity index (χ3n) is 5.40. The molecule has 0 aromatic heterocycles. The minimum Gasteiger partial charge on any atom is -0.496 e. The Morgan fingerprint density at radius 1 is 1.38 bits per heavy atom. The smallest absolute Gasteiger partial charge is 0.222 e. The van der Waals surface area contributed by atoms with Gasteiger partial charge in [0.15, 0.2) is 0 Å². The molecular formula is C20H32N2O2. The van der Waals surface area contributed by atoms with Gasteiger partial charge in [-0.05, 0) is 62.7 Å². The maximum absolute atomic E-state index is 12.7. The number of benzene rings is 1. The number of ether oxygens (including phenoxy) is 1. The van der Waals surface area contributed by atoms with Crippen molar-refractivity contribution < 1.29 is 9.53 Å². The van der Waals surface area contributed by atoms with E-state index in [1.807, 2.05) is 30.1 Å². The van der Waals surface area contributed by atoms with E-state index in [1.165, 1.54) is 12.8 Å². The Labute approximate surface area is 146 Å². The number of likely N-dealkylation sites (N-methyl/N-ethyl adjacent to an activating group) is 1. The van der Waals surface area contributed by atoms with Crippen LogP contribution < -0.4 is 10.1 Å². The van der Waals surface area contributed by atoms with Crippen LogP contribution in [-0.4, -0.2) is 44.1 Å². The van der Waals surface area contributed by atoms with Gasteiger partial charge < -0.3 is 15.0 Å². The van der Waals surface area contributed by atoms with Gasteiger partial charge >= 0.3 is 0 Å². The second kappa shape index (κ2) is 9.07. The predicted molar refractivity (Wildman–Crippen MR) is 98.3 cm³/mol. The zero-order valence-corrected chi connectivity index (χ0v) is 15.5. The molecule has 24 heavy (non-hydrogen) atoms. The molecular weight excluding hydrogens is 300 g/mol. The number of hydrogen-bond acceptors (Lipinski definition) is 3. The van der Waals surface area contributed by atoms with Crippen molar-refractivity contribution in [2.75, 3.05) is 27.2 Å². The summed E-state index contributed by atoms with van der Waals surface area (Å²) in [5.41, 5.74) is 1.15. The first-order chi connectivity index (χ1) is 11.5. The van der Waals surface area contributed by atoms with Crippen LogP contribution in [0.1, 0.15) is 38.7 Å². The Balaban J connectivity index is 1.89. The van der Waals surface area contributed by atoms with E-state index in [0.717, 1.165) is 30.8 Å². The summed E-state index contributed by atoms with van der Waals surface area (Å²) in [6.45, 7) is 6.49. The molecule has 1 N–H and O–H groups in total. The summed E-state index contributed by atoms with van der Waals surface area (Å²) in [5, 5.41) is 3.45. The predicted octanol–water partition coefficient (Wildman–Crippen LogP) is 3.11. The van der Waals surface area contributed by atoms with Crippen LogP contribution in [0.25, 0.3) is 0 Å². The number of carbonyl (C=O) groups excluding carboxylic acids is 1. The zero-order valence-electron chi connectivity index (χ0n) is 15.5. The average Bonchev–Trinajstić information content (AvgIpc) is 2.62. The fraction of sp³-hybridized carbons (Fsp3) is 0.650. The monoisotopic (exact) mass is 332 g/mol. The van der Waals surface area contributed by atoms with Gasteiger partial charge in [-0.3, -0.25) is 4.79 Å². The molecule has 1 saturated heterocycles. The van der Waals surface area contributed by atoms with Crippen molar-refractivity contribution in [2.45, 2.75) is 45.6 Å². The number of rotatable bonds is 7. The molecule has 4 heteroatoms. The molecule has 4 nitrogen and oxygen atoms in total. The lowest BCUT2D eigenvalue weighted by molar-refractivity contribution is -0.133. The van der Waals surface area contributed by atoms with E-state index in [2.05, 4.69) is 25.2 Å². The fourth-order valence-corrected chi connectivity index (χ4v) is 3.52. The van der Waals surface area contributed by atoms with E-state index in [0.29, 0.717) is 18.3 Å². The summed E-state index contributed by atoms with van der Waals surface area (Å²) in [4.78, 5) is 14.6. The summed E-state index contributed by atoms with van der Waals surface area (Å²) in [6, 6.07) is 8.20. The Hall–Kier alpha value is -1.55. The third-order valence-corrected chi connectivity index (χ3v) is 5.40. The summed E-state index contributed by atoms with van der Waals surface area (Å²) in [5.74, 6) is 2.20. The number of methoxy groups -OCH3 is 1. The van der Waals surface area contributed by atoms with E-state index < -0.39 is 0 Å². The van der Waals surface area contributed by atoms with Crippen LogP contribution in [0.2, 0.25) is 0 Å². The van der Waals surface area contributed by atoms with Gasteiger partial charge in [-0.15, -0.1) is 0 Å². The molecule has 0 saturated carbocycles. The summed E-state index contributed by atoms with van der Waals surface area (Å²) in [6.07, 6.45) is 3.91. The number of nitrogens with one attached hydrogen (secondary N) is 1. The maximum atomic E-state index is 12.7. The Kier molecular flexibility index (Phi) is 7.10. The van der Waals surface area contributed by atoms with Crippen molar-refractivity contribution >= 4 is 5.91 Å². The Morgan fingerprint density at radius 3 is 2.79 bits per heavy atom. The lowest BCUT2D eigenvalue weighted by Gasteiger charge is -2.31. The molecule has 3 atom stereocenters. The molecule has 134 valence electrons. The largest absolute Gasteiger partial charge is 0.496 e. The SMILES string of the molecule is COc1ccccc1CC(C)N(C)C(=O)CC(C)C1CCCNC1. The van der Waals surface area contributed by atoms with Crippen LogP contribution in [0, 0.1) is 11.8 Å². The van der Waals surface area contributed by atoms with Crippen LogP contribution >= 0.6 is 0 Å². The first kappa shape index (κ1) is 18.8. The van der Waals surface area contributed by atoms with Crippen molar-refractivity contribution in [3.63, 3.8) is 0 Å². The molecule has 1 aromatic rings. The van der Waals surface area contributed by atoms with Gasteiger partial charge in [0, 0.05) is 19.5 Å². The van der Waals surface area contributed by atoms with Crippen molar-refractivity contribution in [3.8, 4) is 5.75 Å². The molecule has 2 rings (SSSR count). The molecule has 3 unspecified atom stereocenters. The highest BCUT2D eigenvalue weighted by molar-refractivity contribution is 5.76. The Bertz CT molecular complexity index is 526. The lowest BCUT2D eigenvalue weighted by Crippen LogP contribution is -2.39. The van der Waals surface area contributed by atoms with Crippen LogP contribution in [0.5, 0.6) is 5.75 Å². The van der Waals surface area contributed by atoms with Gasteiger partial charge in [-0.25, -0.2) is 0 Å². The number of hydrogen-bond donors (Lipinski definition) is 1. The summed E-state index contributed by atoms with van der Waals surface area (Å²) < 4.78 is 5.42. The van der Waals surface area contributed by atoms with Crippen molar-refractivity contribution in [2.24, 2.45) is 11.8 Å². The first-order valence-corrected chi connectivity index (χ1v) is 9.11. The summed E-state index contributed by atoms with van der Waals surface area (Å²) in [7, 11) is 3.62. The highest BCUT2D eigenvalue weighted by atomic mass is 16.5. The van der Waals surface area contributed by atoms with Crippen molar-refractivity contribution in [1.29, 1.82) is 0 Å². The standard InChI is InChI=1S/C20H32N2O2/c1-15(18-9-7-11-21-14-18)12-20(23)22(3)16(2)13-17-8-5-6-10-19(17)24-4/h5-6,8,10,15-16,18,21H,7,9,11-14H2,1-4H3. The maximum Gasteiger partial charge on any atom is 0.222 e. The van der Waals surface area contributed by atoms with E-state index in [9.17, 15) is 4.79 Å². The van der Waals surface area contributed by atoms with E-state index >= 15 is 0 Å². The van der Waals surface area contributed by atoms with Gasteiger partial charge in [0.25, 0.3) is 0 Å². The second-order valence-electron chi connectivity index (χ2n) is 7.16. The minimum atomic E-state index is 0.158. The quantitative estimate of drug-likeness (QED) is 0.834. The van der Waals surface area contributed by atoms with Crippen LogP contribution in [0.15, 0.2) is 24.3 Å². The van der Waals surface area contributed by atoms with Gasteiger partial charge in [0.2, 0.25) is 5.91 Å². The van der Waals surface area contributed by atoms with Gasteiger partial charge in [-0.2, -0.15) is 0 Å². The molecule has 1 fully saturated rings. The molecule has 0 radical (unpaired) electrons. The van der Waals surface area contributed by atoms with Crippen LogP contribution in [0.4, 0.5) is 0 Å². The number of amides is 1. The molecule has 0 spiro atoms. The normalized spacial score (nSPS) is 20.2.